The standard InChI is InChI=1S/C33H24BNS/c1-33(2)26-12-6-3-9-20(26)23-18-30-24(17-27(23)33)21-10-4-7-13-29(21)35(30)19-15-25-22-11-5-8-14-31(22)36-32(25)28(34)16-19/h3-18H,34H2,1-2H3. The fourth-order valence-electron chi connectivity index (χ4n) is 6.55. The Kier molecular flexibility index (Phi) is 3.91. The summed E-state index contributed by atoms with van der Waals surface area (Å²) in [4.78, 5) is 0. The van der Waals surface area contributed by atoms with Crippen LogP contribution in [0, 0.1) is 0 Å². The normalized spacial score (nSPS) is 14.2. The molecule has 7 aromatic rings. The maximum atomic E-state index is 2.48. The smallest absolute Gasteiger partial charge is 0.141 e. The van der Waals surface area contributed by atoms with E-state index in [-0.39, 0.29) is 5.41 Å². The Morgan fingerprint density at radius 2 is 1.39 bits per heavy atom. The van der Waals surface area contributed by atoms with Gasteiger partial charge in [0.05, 0.1) is 11.0 Å². The summed E-state index contributed by atoms with van der Waals surface area (Å²) in [5.41, 5.74) is 10.7. The van der Waals surface area contributed by atoms with Crippen LogP contribution in [0.3, 0.4) is 0 Å². The molecule has 3 heteroatoms. The van der Waals surface area contributed by atoms with Gasteiger partial charge in [-0.15, -0.1) is 11.3 Å². The van der Waals surface area contributed by atoms with E-state index in [1.54, 1.807) is 0 Å². The Hall–Kier alpha value is -3.82. The van der Waals surface area contributed by atoms with Gasteiger partial charge in [-0.25, -0.2) is 0 Å². The Bertz CT molecular complexity index is 2040. The van der Waals surface area contributed by atoms with Crippen LogP contribution in [0.2, 0.25) is 0 Å². The summed E-state index contributed by atoms with van der Waals surface area (Å²) < 4.78 is 5.22. The lowest BCUT2D eigenvalue weighted by atomic mass is 9.82. The number of para-hydroxylation sites is 1. The molecule has 2 aromatic heterocycles. The van der Waals surface area contributed by atoms with Crippen LogP contribution in [0.1, 0.15) is 25.0 Å². The van der Waals surface area contributed by atoms with Crippen LogP contribution in [0.4, 0.5) is 0 Å². The van der Waals surface area contributed by atoms with Crippen molar-refractivity contribution in [1.82, 2.24) is 4.57 Å². The van der Waals surface area contributed by atoms with Crippen molar-refractivity contribution in [3.63, 3.8) is 0 Å². The van der Waals surface area contributed by atoms with Crippen molar-refractivity contribution in [1.29, 1.82) is 0 Å². The van der Waals surface area contributed by atoms with Gasteiger partial charge in [-0.3, -0.25) is 0 Å². The van der Waals surface area contributed by atoms with E-state index in [0.29, 0.717) is 0 Å². The van der Waals surface area contributed by atoms with Crippen LogP contribution in [0.15, 0.2) is 97.1 Å². The van der Waals surface area contributed by atoms with Crippen molar-refractivity contribution < 1.29 is 0 Å². The minimum Gasteiger partial charge on any atom is -0.309 e. The molecule has 0 spiro atoms. The molecule has 5 aromatic carbocycles. The highest BCUT2D eigenvalue weighted by Gasteiger charge is 2.36. The largest absolute Gasteiger partial charge is 0.309 e. The predicted molar refractivity (Wildman–Crippen MR) is 159 cm³/mol. The maximum Gasteiger partial charge on any atom is 0.141 e. The summed E-state index contributed by atoms with van der Waals surface area (Å²) in [6.07, 6.45) is 0. The topological polar surface area (TPSA) is 4.93 Å². The molecule has 170 valence electrons. The molecule has 0 aliphatic heterocycles. The van der Waals surface area contributed by atoms with Crippen molar-refractivity contribution in [2.24, 2.45) is 0 Å². The fourth-order valence-corrected chi connectivity index (χ4v) is 7.70. The zero-order chi connectivity index (χ0) is 24.2. The number of rotatable bonds is 1. The van der Waals surface area contributed by atoms with Gasteiger partial charge in [0.1, 0.15) is 7.85 Å². The maximum absolute atomic E-state index is 2.48. The minimum atomic E-state index is -0.00554. The molecule has 0 N–H and O–H groups in total. The molecule has 8 rings (SSSR count). The van der Waals surface area contributed by atoms with Crippen LogP contribution in [-0.4, -0.2) is 12.4 Å². The molecule has 0 saturated carbocycles. The van der Waals surface area contributed by atoms with Crippen LogP contribution >= 0.6 is 11.3 Å². The number of benzene rings is 5. The molecule has 0 saturated heterocycles. The highest BCUT2D eigenvalue weighted by Crippen LogP contribution is 2.51. The van der Waals surface area contributed by atoms with Crippen molar-refractivity contribution >= 4 is 66.6 Å². The van der Waals surface area contributed by atoms with Gasteiger partial charge in [-0.2, -0.15) is 0 Å². The first-order valence-electron chi connectivity index (χ1n) is 12.6. The second-order valence-electron chi connectivity index (χ2n) is 10.7. The minimum absolute atomic E-state index is 0.00554. The van der Waals surface area contributed by atoms with Gasteiger partial charge in [0.2, 0.25) is 0 Å². The lowest BCUT2D eigenvalue weighted by Gasteiger charge is -2.21. The summed E-state index contributed by atoms with van der Waals surface area (Å²) in [5, 5.41) is 5.34. The molecule has 2 heterocycles. The van der Waals surface area contributed by atoms with E-state index >= 15 is 0 Å². The van der Waals surface area contributed by atoms with Crippen molar-refractivity contribution in [2.75, 3.05) is 0 Å². The SMILES string of the molecule is Bc1cc(-n2c3ccccc3c3cc4c(cc32)-c2ccccc2C4(C)C)cc2c1sc1ccccc12. The molecule has 0 radical (unpaired) electrons. The Morgan fingerprint density at radius 3 is 2.28 bits per heavy atom. The Morgan fingerprint density at radius 1 is 0.639 bits per heavy atom. The quantitative estimate of drug-likeness (QED) is 0.213. The number of fused-ring (bicyclic) bond motifs is 9. The van der Waals surface area contributed by atoms with Gasteiger partial charge in [0.25, 0.3) is 0 Å². The van der Waals surface area contributed by atoms with Gasteiger partial charge in [0.15, 0.2) is 0 Å². The highest BCUT2D eigenvalue weighted by molar-refractivity contribution is 7.26. The van der Waals surface area contributed by atoms with E-state index in [2.05, 4.69) is 123 Å². The second-order valence-corrected chi connectivity index (χ2v) is 11.7. The molecular formula is C33H24BNS. The van der Waals surface area contributed by atoms with E-state index in [4.69, 9.17) is 0 Å². The van der Waals surface area contributed by atoms with Crippen LogP contribution in [-0.2, 0) is 5.41 Å². The zero-order valence-corrected chi connectivity index (χ0v) is 21.4. The van der Waals surface area contributed by atoms with Crippen LogP contribution in [0.25, 0.3) is 58.8 Å². The summed E-state index contributed by atoms with van der Waals surface area (Å²) >= 11 is 1.90. The third-order valence-corrected chi connectivity index (χ3v) is 9.60. The monoisotopic (exact) mass is 477 g/mol. The third-order valence-electron chi connectivity index (χ3n) is 8.28. The predicted octanol–water partition coefficient (Wildman–Crippen LogP) is 7.72. The zero-order valence-electron chi connectivity index (χ0n) is 20.6. The first kappa shape index (κ1) is 20.4. The summed E-state index contributed by atoms with van der Waals surface area (Å²) in [5.74, 6) is 0. The van der Waals surface area contributed by atoms with Crippen LogP contribution in [0.5, 0.6) is 0 Å². The number of hydrogen-bond acceptors (Lipinski definition) is 1. The lowest BCUT2D eigenvalue weighted by Crippen LogP contribution is -2.14. The van der Waals surface area contributed by atoms with Gasteiger partial charge in [-0.1, -0.05) is 80.0 Å². The molecule has 0 bridgehead atoms. The molecule has 1 nitrogen and oxygen atoms in total. The molecule has 0 fully saturated rings. The Balaban J connectivity index is 1.51. The highest BCUT2D eigenvalue weighted by atomic mass is 32.1. The van der Waals surface area contributed by atoms with Gasteiger partial charge < -0.3 is 4.57 Å². The van der Waals surface area contributed by atoms with E-state index in [0.717, 1.165) is 0 Å². The molecule has 1 aliphatic carbocycles. The molecule has 1 aliphatic rings. The van der Waals surface area contributed by atoms with E-state index in [1.807, 2.05) is 11.3 Å². The number of nitrogens with zero attached hydrogens (tertiary/aromatic N) is 1. The Labute approximate surface area is 215 Å². The van der Waals surface area contributed by atoms with E-state index in [9.17, 15) is 0 Å². The summed E-state index contributed by atoms with van der Waals surface area (Å²) in [7, 11) is 2.26. The molecule has 0 amide bonds. The molecule has 36 heavy (non-hydrogen) atoms. The summed E-state index contributed by atoms with van der Waals surface area (Å²) in [6, 6.07) is 36.3. The van der Waals surface area contributed by atoms with Gasteiger partial charge in [0, 0.05) is 42.0 Å². The molecule has 0 unspecified atom stereocenters. The van der Waals surface area contributed by atoms with Crippen LogP contribution < -0.4 is 5.46 Å². The average molecular weight is 477 g/mol. The van der Waals surface area contributed by atoms with E-state index in [1.165, 1.54) is 75.4 Å². The molecule has 0 atom stereocenters. The van der Waals surface area contributed by atoms with Gasteiger partial charge >= 0.3 is 0 Å². The number of hydrogen-bond donors (Lipinski definition) is 0. The summed E-state index contributed by atoms with van der Waals surface area (Å²) in [6.45, 7) is 4.73. The number of aromatic nitrogens is 1. The third kappa shape index (κ3) is 2.51. The van der Waals surface area contributed by atoms with Crippen molar-refractivity contribution in [2.45, 2.75) is 19.3 Å². The van der Waals surface area contributed by atoms with Crippen molar-refractivity contribution in [3.05, 3.63) is 108 Å². The van der Waals surface area contributed by atoms with E-state index < -0.39 is 0 Å². The lowest BCUT2D eigenvalue weighted by molar-refractivity contribution is 0.661. The van der Waals surface area contributed by atoms with Crippen molar-refractivity contribution in [3.8, 4) is 16.8 Å². The molecular weight excluding hydrogens is 453 g/mol. The average Bonchev–Trinajstić information content (AvgIpc) is 3.50. The first-order chi connectivity index (χ1) is 17.5. The second kappa shape index (κ2) is 6.90. The first-order valence-corrected chi connectivity index (χ1v) is 13.4. The number of thiophene rings is 1. The van der Waals surface area contributed by atoms with Gasteiger partial charge in [-0.05, 0) is 58.7 Å². The fraction of sp³-hybridized carbons (Fsp3) is 0.0909.